The number of hydrogen-bond acceptors (Lipinski definition) is 6. The number of ether oxygens (including phenoxy) is 1. The van der Waals surface area contributed by atoms with Crippen LogP contribution in [0.25, 0.3) is 21.9 Å². The van der Waals surface area contributed by atoms with Crippen molar-refractivity contribution in [3.05, 3.63) is 85.1 Å². The molecule has 0 atom stereocenters. The van der Waals surface area contributed by atoms with Crippen molar-refractivity contribution in [1.82, 2.24) is 14.5 Å². The molecule has 0 bridgehead atoms. The average Bonchev–Trinajstić information content (AvgIpc) is 3.38. The summed E-state index contributed by atoms with van der Waals surface area (Å²) in [5.41, 5.74) is 2.13. The molecule has 3 heterocycles. The van der Waals surface area contributed by atoms with Gasteiger partial charge in [-0.1, -0.05) is 23.4 Å². The third-order valence-electron chi connectivity index (χ3n) is 4.42. The third kappa shape index (κ3) is 2.66. The highest BCUT2D eigenvalue weighted by Crippen LogP contribution is 2.33. The first-order valence-electron chi connectivity index (χ1n) is 8.58. The standard InChI is InChI=1S/C21H14N4O3/c26-24-20(25-11-10-22-13-25)16-5-3-9-23-21(16)27-14-7-8-19-17(12-14)15-4-1-2-6-18(15)28-19/h1-13,26H/b24-20-. The molecule has 0 amide bonds. The number of nitrogens with zero attached hydrogens (tertiary/aromatic N) is 4. The number of oxime groups is 1. The van der Waals surface area contributed by atoms with Crippen LogP contribution in [0.3, 0.4) is 0 Å². The summed E-state index contributed by atoms with van der Waals surface area (Å²) in [6, 6.07) is 17.0. The topological polar surface area (TPSA) is 85.7 Å². The van der Waals surface area contributed by atoms with Crippen LogP contribution >= 0.6 is 0 Å². The van der Waals surface area contributed by atoms with Crippen molar-refractivity contribution >= 4 is 27.8 Å². The van der Waals surface area contributed by atoms with Crippen molar-refractivity contribution in [3.63, 3.8) is 0 Å². The quantitative estimate of drug-likeness (QED) is 0.216. The SMILES string of the molecule is O/N=C(/c1cccnc1Oc1ccc2oc3ccccc3c2c1)n1ccnc1. The molecule has 0 saturated carbocycles. The molecule has 0 radical (unpaired) electrons. The molecule has 0 saturated heterocycles. The summed E-state index contributed by atoms with van der Waals surface area (Å²) in [5, 5.41) is 14.9. The molecule has 0 fully saturated rings. The van der Waals surface area contributed by atoms with Gasteiger partial charge in [-0.3, -0.25) is 4.57 Å². The molecular weight excluding hydrogens is 356 g/mol. The number of pyridine rings is 1. The van der Waals surface area contributed by atoms with Gasteiger partial charge in [0, 0.05) is 29.4 Å². The van der Waals surface area contributed by atoms with Gasteiger partial charge in [0.25, 0.3) is 0 Å². The Bertz CT molecular complexity index is 1310. The minimum Gasteiger partial charge on any atom is -0.456 e. The number of fused-ring (bicyclic) bond motifs is 3. The second kappa shape index (κ2) is 6.55. The van der Waals surface area contributed by atoms with Crippen LogP contribution in [0, 0.1) is 0 Å². The second-order valence-corrected chi connectivity index (χ2v) is 6.11. The highest BCUT2D eigenvalue weighted by atomic mass is 16.5. The molecule has 5 aromatic rings. The largest absolute Gasteiger partial charge is 0.456 e. The maximum Gasteiger partial charge on any atom is 0.230 e. The normalized spacial score (nSPS) is 11.9. The van der Waals surface area contributed by atoms with Crippen LogP contribution in [0.2, 0.25) is 0 Å². The van der Waals surface area contributed by atoms with Crippen LogP contribution in [0.4, 0.5) is 0 Å². The Morgan fingerprint density at radius 2 is 1.89 bits per heavy atom. The Labute approximate surface area is 159 Å². The lowest BCUT2D eigenvalue weighted by molar-refractivity contribution is 0.317. The molecular formula is C21H14N4O3. The van der Waals surface area contributed by atoms with Crippen LogP contribution in [0.1, 0.15) is 5.56 Å². The fourth-order valence-electron chi connectivity index (χ4n) is 3.15. The lowest BCUT2D eigenvalue weighted by atomic mass is 10.1. The number of hydrogen-bond donors (Lipinski definition) is 1. The Balaban J connectivity index is 1.57. The monoisotopic (exact) mass is 370 g/mol. The zero-order chi connectivity index (χ0) is 18.9. The van der Waals surface area contributed by atoms with Gasteiger partial charge in [0.2, 0.25) is 5.88 Å². The second-order valence-electron chi connectivity index (χ2n) is 6.11. The van der Waals surface area contributed by atoms with E-state index in [-0.39, 0.29) is 5.84 Å². The van der Waals surface area contributed by atoms with Crippen molar-refractivity contribution < 1.29 is 14.4 Å². The van der Waals surface area contributed by atoms with E-state index in [1.165, 1.54) is 6.33 Å². The molecule has 0 aliphatic rings. The van der Waals surface area contributed by atoms with E-state index in [4.69, 9.17) is 9.15 Å². The molecule has 7 nitrogen and oxygen atoms in total. The predicted molar refractivity (Wildman–Crippen MR) is 104 cm³/mol. The Kier molecular flexibility index (Phi) is 3.76. The molecule has 136 valence electrons. The summed E-state index contributed by atoms with van der Waals surface area (Å²) >= 11 is 0. The fraction of sp³-hybridized carbons (Fsp3) is 0. The van der Waals surface area contributed by atoms with E-state index in [9.17, 15) is 5.21 Å². The van der Waals surface area contributed by atoms with Crippen molar-refractivity contribution in [2.75, 3.05) is 0 Å². The highest BCUT2D eigenvalue weighted by molar-refractivity contribution is 6.05. The fourth-order valence-corrected chi connectivity index (χ4v) is 3.15. The van der Waals surface area contributed by atoms with Gasteiger partial charge in [-0.2, -0.15) is 0 Å². The van der Waals surface area contributed by atoms with Gasteiger partial charge in [0.05, 0.1) is 5.56 Å². The van der Waals surface area contributed by atoms with Gasteiger partial charge >= 0.3 is 0 Å². The van der Waals surface area contributed by atoms with E-state index >= 15 is 0 Å². The molecule has 0 aliphatic carbocycles. The maximum absolute atomic E-state index is 9.52. The Morgan fingerprint density at radius 1 is 1.00 bits per heavy atom. The lowest BCUT2D eigenvalue weighted by Crippen LogP contribution is -2.13. The van der Waals surface area contributed by atoms with E-state index < -0.39 is 0 Å². The molecule has 1 N–H and O–H groups in total. The van der Waals surface area contributed by atoms with E-state index in [0.717, 1.165) is 21.9 Å². The summed E-state index contributed by atoms with van der Waals surface area (Å²) < 4.78 is 13.5. The van der Waals surface area contributed by atoms with Crippen molar-refractivity contribution in [2.24, 2.45) is 5.16 Å². The van der Waals surface area contributed by atoms with Crippen LogP contribution < -0.4 is 4.74 Å². The highest BCUT2D eigenvalue weighted by Gasteiger charge is 2.16. The van der Waals surface area contributed by atoms with Crippen LogP contribution in [-0.2, 0) is 0 Å². The molecule has 28 heavy (non-hydrogen) atoms. The Hall–Kier alpha value is -4.13. The zero-order valence-electron chi connectivity index (χ0n) is 14.6. The molecule has 2 aromatic carbocycles. The molecule has 3 aromatic heterocycles. The van der Waals surface area contributed by atoms with Crippen LogP contribution in [-0.4, -0.2) is 25.6 Å². The van der Waals surface area contributed by atoms with E-state index in [1.54, 1.807) is 35.3 Å². The van der Waals surface area contributed by atoms with Crippen LogP contribution in [0.15, 0.2) is 89.1 Å². The summed E-state index contributed by atoms with van der Waals surface area (Å²) in [6.45, 7) is 0. The summed E-state index contributed by atoms with van der Waals surface area (Å²) in [6.07, 6.45) is 6.43. The number of benzene rings is 2. The van der Waals surface area contributed by atoms with Gasteiger partial charge in [-0.25, -0.2) is 9.97 Å². The summed E-state index contributed by atoms with van der Waals surface area (Å²) in [5.74, 6) is 1.17. The summed E-state index contributed by atoms with van der Waals surface area (Å²) in [4.78, 5) is 8.30. The Morgan fingerprint density at radius 3 is 2.75 bits per heavy atom. The first-order valence-corrected chi connectivity index (χ1v) is 8.58. The van der Waals surface area contributed by atoms with Crippen molar-refractivity contribution in [3.8, 4) is 11.6 Å². The van der Waals surface area contributed by atoms with E-state index in [2.05, 4.69) is 15.1 Å². The van der Waals surface area contributed by atoms with Crippen LogP contribution in [0.5, 0.6) is 11.6 Å². The van der Waals surface area contributed by atoms with E-state index in [0.29, 0.717) is 17.2 Å². The molecule has 7 heteroatoms. The number of furan rings is 1. The number of rotatable bonds is 3. The molecule has 5 rings (SSSR count). The van der Waals surface area contributed by atoms with E-state index in [1.807, 2.05) is 42.5 Å². The van der Waals surface area contributed by atoms with Crippen molar-refractivity contribution in [1.29, 1.82) is 0 Å². The average molecular weight is 370 g/mol. The molecule has 0 aliphatic heterocycles. The zero-order valence-corrected chi connectivity index (χ0v) is 14.6. The number of imidazole rings is 1. The van der Waals surface area contributed by atoms with Gasteiger partial charge in [-0.15, -0.1) is 0 Å². The van der Waals surface area contributed by atoms with Gasteiger partial charge in [0.1, 0.15) is 23.2 Å². The molecule has 0 unspecified atom stereocenters. The smallest absolute Gasteiger partial charge is 0.230 e. The number of aromatic nitrogens is 3. The third-order valence-corrected chi connectivity index (χ3v) is 4.42. The van der Waals surface area contributed by atoms with Gasteiger partial charge in [-0.05, 0) is 36.4 Å². The first kappa shape index (κ1) is 16.1. The molecule has 0 spiro atoms. The maximum atomic E-state index is 9.52. The predicted octanol–water partition coefficient (Wildman–Crippen LogP) is 4.65. The van der Waals surface area contributed by atoms with Gasteiger partial charge < -0.3 is 14.4 Å². The first-order chi connectivity index (χ1) is 13.8. The minimum atomic E-state index is 0.260. The minimum absolute atomic E-state index is 0.260. The van der Waals surface area contributed by atoms with Gasteiger partial charge in [0.15, 0.2) is 5.84 Å². The summed E-state index contributed by atoms with van der Waals surface area (Å²) in [7, 11) is 0. The number of para-hydroxylation sites is 1. The lowest BCUT2D eigenvalue weighted by Gasteiger charge is -2.11. The van der Waals surface area contributed by atoms with Crippen molar-refractivity contribution in [2.45, 2.75) is 0 Å².